The molecule has 2 heterocycles. The van der Waals surface area contributed by atoms with Gasteiger partial charge in [-0.1, -0.05) is 27.7 Å². The average Bonchev–Trinajstić information content (AvgIpc) is 2.85. The van der Waals surface area contributed by atoms with Gasteiger partial charge in [-0.05, 0) is 31.6 Å². The lowest BCUT2D eigenvalue weighted by atomic mass is 9.98. The van der Waals surface area contributed by atoms with Gasteiger partial charge in [0.25, 0.3) is 0 Å². The molecule has 0 aliphatic carbocycles. The number of carbonyl (C=O) groups excluding carboxylic acids is 5. The first-order chi connectivity index (χ1) is 17.5. The van der Waals surface area contributed by atoms with Crippen LogP contribution in [0.2, 0.25) is 0 Å². The molecule has 1 aliphatic rings. The van der Waals surface area contributed by atoms with Crippen LogP contribution in [0.15, 0.2) is 12.4 Å². The Balaban J connectivity index is 1.94. The van der Waals surface area contributed by atoms with Crippen LogP contribution in [0, 0.1) is 18.8 Å². The fraction of sp³-hybridized carbons (Fsp3) is 0.640. The maximum absolute atomic E-state index is 13.1. The Morgan fingerprint density at radius 3 is 2.49 bits per heavy atom. The molecule has 0 unspecified atom stereocenters. The Morgan fingerprint density at radius 1 is 1.14 bits per heavy atom. The molecule has 12 nitrogen and oxygen atoms in total. The van der Waals surface area contributed by atoms with Crippen molar-refractivity contribution < 1.29 is 28.7 Å². The van der Waals surface area contributed by atoms with Gasteiger partial charge in [-0.3, -0.25) is 29.2 Å². The van der Waals surface area contributed by atoms with E-state index in [1.165, 1.54) is 17.4 Å². The lowest BCUT2D eigenvalue weighted by Gasteiger charge is -2.36. The Kier molecular flexibility index (Phi) is 11.6. The predicted molar refractivity (Wildman–Crippen MR) is 134 cm³/mol. The van der Waals surface area contributed by atoms with Gasteiger partial charge in [-0.2, -0.15) is 0 Å². The SMILES string of the molecule is Cc1cnc(C(=O)OCC(=O)[C@H](NC(=O)[C@@H]2CCCNN2C(=O)CCNC(=O)CC(C)C)C(C)C)cn1. The van der Waals surface area contributed by atoms with E-state index in [1.54, 1.807) is 20.8 Å². The summed E-state index contributed by atoms with van der Waals surface area (Å²) in [6.45, 7) is 9.27. The second-order valence-corrected chi connectivity index (χ2v) is 9.84. The molecule has 1 aliphatic heterocycles. The van der Waals surface area contributed by atoms with Crippen LogP contribution >= 0.6 is 0 Å². The summed E-state index contributed by atoms with van der Waals surface area (Å²) >= 11 is 0. The van der Waals surface area contributed by atoms with E-state index < -0.39 is 36.4 Å². The second-order valence-electron chi connectivity index (χ2n) is 9.84. The van der Waals surface area contributed by atoms with Crippen molar-refractivity contribution in [2.75, 3.05) is 19.7 Å². The maximum Gasteiger partial charge on any atom is 0.358 e. The molecule has 0 spiro atoms. The van der Waals surface area contributed by atoms with Crippen LogP contribution in [0.5, 0.6) is 0 Å². The topological polar surface area (TPSA) is 160 Å². The van der Waals surface area contributed by atoms with E-state index in [2.05, 4.69) is 26.0 Å². The summed E-state index contributed by atoms with van der Waals surface area (Å²) in [5.74, 6) is -2.28. The molecule has 2 rings (SSSR count). The minimum absolute atomic E-state index is 0.0219. The van der Waals surface area contributed by atoms with Crippen molar-refractivity contribution in [1.29, 1.82) is 0 Å². The first-order valence-electron chi connectivity index (χ1n) is 12.6. The molecular weight excluding hydrogens is 480 g/mol. The van der Waals surface area contributed by atoms with Crippen molar-refractivity contribution >= 4 is 29.5 Å². The molecule has 0 aromatic carbocycles. The number of aryl methyl sites for hydroxylation is 1. The predicted octanol–water partition coefficient (Wildman–Crippen LogP) is 0.700. The van der Waals surface area contributed by atoms with Gasteiger partial charge >= 0.3 is 5.97 Å². The minimum atomic E-state index is -0.918. The molecule has 0 bridgehead atoms. The molecule has 12 heteroatoms. The van der Waals surface area contributed by atoms with Crippen LogP contribution < -0.4 is 16.1 Å². The first-order valence-corrected chi connectivity index (χ1v) is 12.6. The highest BCUT2D eigenvalue weighted by Crippen LogP contribution is 2.14. The minimum Gasteiger partial charge on any atom is -0.453 e. The van der Waals surface area contributed by atoms with Crippen molar-refractivity contribution in [2.24, 2.45) is 11.8 Å². The Bertz CT molecular complexity index is 965. The van der Waals surface area contributed by atoms with Gasteiger partial charge in [0, 0.05) is 32.1 Å². The molecule has 3 N–H and O–H groups in total. The van der Waals surface area contributed by atoms with Crippen LogP contribution in [-0.2, 0) is 23.9 Å². The van der Waals surface area contributed by atoms with Crippen LogP contribution in [-0.4, -0.2) is 76.2 Å². The van der Waals surface area contributed by atoms with Gasteiger partial charge in [0.05, 0.1) is 17.9 Å². The summed E-state index contributed by atoms with van der Waals surface area (Å²) in [6, 6.07) is -1.73. The monoisotopic (exact) mass is 518 g/mol. The molecule has 37 heavy (non-hydrogen) atoms. The van der Waals surface area contributed by atoms with E-state index in [4.69, 9.17) is 4.74 Å². The Labute approximate surface area is 217 Å². The average molecular weight is 519 g/mol. The molecule has 0 saturated carbocycles. The number of rotatable bonds is 12. The third-order valence-corrected chi connectivity index (χ3v) is 5.72. The van der Waals surface area contributed by atoms with E-state index >= 15 is 0 Å². The third-order valence-electron chi connectivity index (χ3n) is 5.72. The van der Waals surface area contributed by atoms with E-state index in [0.717, 1.165) is 0 Å². The standard InChI is InChI=1S/C25H38N6O6/c1-15(2)11-21(33)26-10-8-22(34)31-19(7-6-9-29-31)24(35)30-23(16(3)4)20(32)14-37-25(36)18-13-27-17(5)12-28-18/h12-13,15-16,19,23,29H,6-11,14H2,1-5H3,(H,26,33)(H,30,35)/t19-,23+/m0/s1. The van der Waals surface area contributed by atoms with Crippen molar-refractivity contribution in [2.45, 2.75) is 72.4 Å². The summed E-state index contributed by atoms with van der Waals surface area (Å²) in [4.78, 5) is 70.7. The van der Waals surface area contributed by atoms with Crippen molar-refractivity contribution in [3.8, 4) is 0 Å². The third kappa shape index (κ3) is 9.52. The number of ketones is 1. The summed E-state index contributed by atoms with van der Waals surface area (Å²) in [5.41, 5.74) is 3.57. The highest BCUT2D eigenvalue weighted by molar-refractivity contribution is 5.95. The van der Waals surface area contributed by atoms with Gasteiger partial charge in [0.2, 0.25) is 17.7 Å². The maximum atomic E-state index is 13.1. The highest BCUT2D eigenvalue weighted by Gasteiger charge is 2.35. The fourth-order valence-corrected chi connectivity index (χ4v) is 3.78. The van der Waals surface area contributed by atoms with Crippen LogP contribution in [0.3, 0.4) is 0 Å². The van der Waals surface area contributed by atoms with E-state index in [0.29, 0.717) is 31.5 Å². The number of carbonyl (C=O) groups is 5. The number of amides is 3. The summed E-state index contributed by atoms with van der Waals surface area (Å²) in [7, 11) is 0. The number of hydrazine groups is 1. The second kappa shape index (κ2) is 14.4. The fourth-order valence-electron chi connectivity index (χ4n) is 3.78. The number of ether oxygens (including phenoxy) is 1. The van der Waals surface area contributed by atoms with Crippen LogP contribution in [0.1, 0.15) is 69.6 Å². The van der Waals surface area contributed by atoms with E-state index in [9.17, 15) is 24.0 Å². The normalized spacial score (nSPS) is 16.3. The zero-order valence-electron chi connectivity index (χ0n) is 22.2. The number of hydrogen-bond donors (Lipinski definition) is 3. The van der Waals surface area contributed by atoms with Gasteiger partial charge in [-0.25, -0.2) is 15.2 Å². The van der Waals surface area contributed by atoms with E-state index in [-0.39, 0.29) is 42.3 Å². The zero-order valence-corrected chi connectivity index (χ0v) is 22.2. The van der Waals surface area contributed by atoms with Crippen LogP contribution in [0.4, 0.5) is 0 Å². The van der Waals surface area contributed by atoms with E-state index in [1.807, 2.05) is 13.8 Å². The number of Topliss-reactive ketones (excluding diaryl/α,β-unsaturated/α-hetero) is 1. The summed E-state index contributed by atoms with van der Waals surface area (Å²) in [5, 5.41) is 6.73. The number of esters is 1. The number of hydrogen-bond acceptors (Lipinski definition) is 9. The largest absolute Gasteiger partial charge is 0.453 e. The molecule has 1 fully saturated rings. The van der Waals surface area contributed by atoms with Crippen molar-refractivity contribution in [3.63, 3.8) is 0 Å². The van der Waals surface area contributed by atoms with Gasteiger partial charge in [0.1, 0.15) is 6.04 Å². The van der Waals surface area contributed by atoms with Gasteiger partial charge in [0.15, 0.2) is 18.1 Å². The molecule has 1 aromatic heterocycles. The molecule has 1 saturated heterocycles. The first kappa shape index (κ1) is 29.8. The summed E-state index contributed by atoms with van der Waals surface area (Å²) in [6.07, 6.45) is 4.18. The molecule has 3 amide bonds. The number of nitrogens with one attached hydrogen (secondary N) is 3. The lowest BCUT2D eigenvalue weighted by molar-refractivity contribution is -0.147. The van der Waals surface area contributed by atoms with Crippen molar-refractivity contribution in [1.82, 2.24) is 31.0 Å². The van der Waals surface area contributed by atoms with Crippen LogP contribution in [0.25, 0.3) is 0 Å². The number of nitrogens with zero attached hydrogens (tertiary/aromatic N) is 3. The summed E-state index contributed by atoms with van der Waals surface area (Å²) < 4.78 is 5.08. The van der Waals surface area contributed by atoms with Gasteiger partial charge < -0.3 is 15.4 Å². The zero-order chi connectivity index (χ0) is 27.5. The highest BCUT2D eigenvalue weighted by atomic mass is 16.5. The molecule has 1 aromatic rings. The van der Waals surface area contributed by atoms with Crippen molar-refractivity contribution in [3.05, 3.63) is 23.8 Å². The number of aromatic nitrogens is 2. The smallest absolute Gasteiger partial charge is 0.358 e. The Morgan fingerprint density at radius 2 is 1.86 bits per heavy atom. The Hall–Kier alpha value is -3.41. The molecule has 0 radical (unpaired) electrons. The molecule has 204 valence electrons. The molecule has 2 atom stereocenters. The van der Waals surface area contributed by atoms with Gasteiger partial charge in [-0.15, -0.1) is 0 Å². The lowest BCUT2D eigenvalue weighted by Crippen LogP contribution is -2.61. The quantitative estimate of drug-likeness (QED) is 0.338. The molecular formula is C25H38N6O6.